The van der Waals surface area contributed by atoms with Crippen LogP contribution in [0.2, 0.25) is 0 Å². The monoisotopic (exact) mass is 161 g/mol. The fourth-order valence-corrected chi connectivity index (χ4v) is 0.925. The van der Waals surface area contributed by atoms with E-state index in [1.165, 1.54) is 0 Å². The van der Waals surface area contributed by atoms with Crippen molar-refractivity contribution in [2.45, 2.75) is 6.92 Å². The van der Waals surface area contributed by atoms with Crippen LogP contribution in [0.3, 0.4) is 0 Å². The van der Waals surface area contributed by atoms with Gasteiger partial charge in [-0.05, 0) is 19.1 Å². The molecule has 2 aromatic heterocycles. The summed E-state index contributed by atoms with van der Waals surface area (Å²) in [6.07, 6.45) is 1.62. The molecule has 0 fully saturated rings. The van der Waals surface area contributed by atoms with Crippen LogP contribution in [0.4, 0.5) is 0 Å². The minimum Gasteiger partial charge on any atom is -0.361 e. The Labute approximate surface area is 69.2 Å². The van der Waals surface area contributed by atoms with Gasteiger partial charge in [0, 0.05) is 12.3 Å². The Hall–Kier alpha value is -1.71. The first-order chi connectivity index (χ1) is 5.86. The van der Waals surface area contributed by atoms with E-state index in [-0.39, 0.29) is 0 Å². The Morgan fingerprint density at radius 1 is 1.33 bits per heavy atom. The Morgan fingerprint density at radius 3 is 2.83 bits per heavy atom. The summed E-state index contributed by atoms with van der Waals surface area (Å²) >= 11 is 0. The van der Waals surface area contributed by atoms with Gasteiger partial charge in [0.15, 0.2) is 0 Å². The number of aromatic nitrogens is 3. The van der Waals surface area contributed by atoms with Gasteiger partial charge in [-0.15, -0.1) is 5.10 Å². The highest BCUT2D eigenvalue weighted by Crippen LogP contribution is 2.14. The van der Waals surface area contributed by atoms with Crippen LogP contribution in [0.1, 0.15) is 5.76 Å². The first kappa shape index (κ1) is 6.97. The number of hydrogen-bond acceptors (Lipinski definition) is 4. The second kappa shape index (κ2) is 2.73. The van der Waals surface area contributed by atoms with Gasteiger partial charge in [0.05, 0.1) is 0 Å². The van der Waals surface area contributed by atoms with Crippen molar-refractivity contribution in [1.29, 1.82) is 0 Å². The molecule has 0 unspecified atom stereocenters. The lowest BCUT2D eigenvalue weighted by Gasteiger charge is -1.88. The first-order valence-corrected chi connectivity index (χ1v) is 3.57. The lowest BCUT2D eigenvalue weighted by molar-refractivity contribution is 0.399. The predicted molar refractivity (Wildman–Crippen MR) is 42.3 cm³/mol. The molecule has 0 aliphatic carbocycles. The zero-order chi connectivity index (χ0) is 8.39. The number of rotatable bonds is 1. The van der Waals surface area contributed by atoms with Crippen LogP contribution in [-0.4, -0.2) is 15.4 Å². The summed E-state index contributed by atoms with van der Waals surface area (Å²) in [6, 6.07) is 5.47. The van der Waals surface area contributed by atoms with Crippen molar-refractivity contribution in [2.75, 3.05) is 0 Å². The molecule has 2 aromatic rings. The molecular weight excluding hydrogens is 154 g/mol. The maximum absolute atomic E-state index is 4.90. The lowest BCUT2D eigenvalue weighted by Crippen LogP contribution is -1.84. The number of nitrogens with zero attached hydrogens (tertiary/aromatic N) is 3. The minimum absolute atomic E-state index is 0.723. The molecule has 60 valence electrons. The molecule has 0 aromatic carbocycles. The number of hydrogen-bond donors (Lipinski definition) is 0. The second-order valence-electron chi connectivity index (χ2n) is 2.43. The fraction of sp³-hybridized carbons (Fsp3) is 0.125. The van der Waals surface area contributed by atoms with Crippen LogP contribution in [0.5, 0.6) is 0 Å². The largest absolute Gasteiger partial charge is 0.361 e. The highest BCUT2D eigenvalue weighted by atomic mass is 16.5. The van der Waals surface area contributed by atoms with Crippen LogP contribution in [0.25, 0.3) is 11.4 Å². The molecule has 2 heterocycles. The molecule has 2 rings (SSSR count). The van der Waals surface area contributed by atoms with Gasteiger partial charge in [-0.2, -0.15) is 5.10 Å². The molecule has 4 heteroatoms. The SMILES string of the molecule is Cc1cc(-c2cccnn2)no1. The zero-order valence-corrected chi connectivity index (χ0v) is 6.56. The van der Waals surface area contributed by atoms with Gasteiger partial charge in [0.25, 0.3) is 0 Å². The van der Waals surface area contributed by atoms with E-state index in [0.29, 0.717) is 0 Å². The third kappa shape index (κ3) is 1.18. The molecule has 0 N–H and O–H groups in total. The highest BCUT2D eigenvalue weighted by Gasteiger charge is 2.03. The molecule has 0 bridgehead atoms. The summed E-state index contributed by atoms with van der Waals surface area (Å²) in [5.74, 6) is 0.774. The van der Waals surface area contributed by atoms with Crippen molar-refractivity contribution < 1.29 is 4.52 Å². The van der Waals surface area contributed by atoms with Crippen molar-refractivity contribution >= 4 is 0 Å². The Bertz CT molecular complexity index is 369. The van der Waals surface area contributed by atoms with Crippen molar-refractivity contribution in [2.24, 2.45) is 0 Å². The minimum atomic E-state index is 0.723. The molecule has 0 spiro atoms. The summed E-state index contributed by atoms with van der Waals surface area (Å²) in [6.45, 7) is 1.84. The summed E-state index contributed by atoms with van der Waals surface area (Å²) in [7, 11) is 0. The zero-order valence-electron chi connectivity index (χ0n) is 6.56. The topological polar surface area (TPSA) is 51.8 Å². The van der Waals surface area contributed by atoms with Gasteiger partial charge < -0.3 is 4.52 Å². The third-order valence-corrected chi connectivity index (χ3v) is 1.46. The summed E-state index contributed by atoms with van der Waals surface area (Å²) in [4.78, 5) is 0. The van der Waals surface area contributed by atoms with Crippen molar-refractivity contribution in [3.63, 3.8) is 0 Å². The van der Waals surface area contributed by atoms with E-state index < -0.39 is 0 Å². The van der Waals surface area contributed by atoms with Crippen LogP contribution in [0.15, 0.2) is 28.9 Å². The van der Waals surface area contributed by atoms with E-state index >= 15 is 0 Å². The van der Waals surface area contributed by atoms with E-state index in [1.54, 1.807) is 6.20 Å². The van der Waals surface area contributed by atoms with Crippen LogP contribution < -0.4 is 0 Å². The molecule has 0 aliphatic heterocycles. The average Bonchev–Trinajstić information content (AvgIpc) is 2.54. The molecule has 0 radical (unpaired) electrons. The second-order valence-corrected chi connectivity index (χ2v) is 2.43. The van der Waals surface area contributed by atoms with Gasteiger partial charge in [-0.25, -0.2) is 0 Å². The van der Waals surface area contributed by atoms with Crippen LogP contribution >= 0.6 is 0 Å². The fourth-order valence-electron chi connectivity index (χ4n) is 0.925. The van der Waals surface area contributed by atoms with E-state index in [2.05, 4.69) is 15.4 Å². The van der Waals surface area contributed by atoms with Gasteiger partial charge >= 0.3 is 0 Å². The third-order valence-electron chi connectivity index (χ3n) is 1.46. The molecule has 12 heavy (non-hydrogen) atoms. The highest BCUT2D eigenvalue weighted by molar-refractivity contribution is 5.52. The normalized spacial score (nSPS) is 10.1. The molecular formula is C8H7N3O. The Kier molecular flexibility index (Phi) is 1.59. The molecule has 4 nitrogen and oxygen atoms in total. The Balaban J connectivity index is 2.45. The molecule has 0 amide bonds. The maximum atomic E-state index is 4.90. The smallest absolute Gasteiger partial charge is 0.134 e. The predicted octanol–water partition coefficient (Wildman–Crippen LogP) is 1.44. The van der Waals surface area contributed by atoms with E-state index in [4.69, 9.17) is 4.52 Å². The molecule has 0 atom stereocenters. The van der Waals surface area contributed by atoms with Crippen molar-refractivity contribution in [1.82, 2.24) is 15.4 Å². The van der Waals surface area contributed by atoms with E-state index in [9.17, 15) is 0 Å². The van der Waals surface area contributed by atoms with Crippen molar-refractivity contribution in [3.8, 4) is 11.4 Å². The maximum Gasteiger partial charge on any atom is 0.134 e. The molecule has 0 aliphatic rings. The van der Waals surface area contributed by atoms with Gasteiger partial charge in [0.1, 0.15) is 17.1 Å². The number of aryl methyl sites for hydroxylation is 1. The first-order valence-electron chi connectivity index (χ1n) is 3.57. The van der Waals surface area contributed by atoms with Gasteiger partial charge in [0.2, 0.25) is 0 Å². The average molecular weight is 161 g/mol. The van der Waals surface area contributed by atoms with Crippen LogP contribution in [-0.2, 0) is 0 Å². The van der Waals surface area contributed by atoms with E-state index in [1.807, 2.05) is 25.1 Å². The summed E-state index contributed by atoms with van der Waals surface area (Å²) < 4.78 is 4.90. The summed E-state index contributed by atoms with van der Waals surface area (Å²) in [5.41, 5.74) is 1.45. The van der Waals surface area contributed by atoms with Gasteiger partial charge in [-0.3, -0.25) is 0 Å². The lowest BCUT2D eigenvalue weighted by atomic mass is 10.3. The van der Waals surface area contributed by atoms with Gasteiger partial charge in [-0.1, -0.05) is 5.16 Å². The van der Waals surface area contributed by atoms with Crippen LogP contribution in [0, 0.1) is 6.92 Å². The molecule has 0 saturated heterocycles. The standard InChI is InChI=1S/C8H7N3O/c1-6-5-8(11-12-6)7-3-2-4-9-10-7/h2-5H,1H3. The van der Waals surface area contributed by atoms with E-state index in [0.717, 1.165) is 17.1 Å². The summed E-state index contributed by atoms with van der Waals surface area (Å²) in [5, 5.41) is 11.4. The van der Waals surface area contributed by atoms with Crippen molar-refractivity contribution in [3.05, 3.63) is 30.2 Å². The quantitative estimate of drug-likeness (QED) is 0.635. The Morgan fingerprint density at radius 2 is 2.25 bits per heavy atom. The molecule has 0 saturated carbocycles.